The summed E-state index contributed by atoms with van der Waals surface area (Å²) in [5.41, 5.74) is 2.27. The first-order valence-corrected chi connectivity index (χ1v) is 12.4. The number of amides is 1. The number of alkyl halides is 3. The normalized spacial score (nSPS) is 22.8. The summed E-state index contributed by atoms with van der Waals surface area (Å²) in [7, 11) is 3.98. The molecule has 2 aliphatic rings. The molecule has 2 aromatic rings. The topological polar surface area (TPSA) is 107 Å². The van der Waals surface area contributed by atoms with Crippen LogP contribution in [0.15, 0.2) is 30.5 Å². The summed E-state index contributed by atoms with van der Waals surface area (Å²) in [4.78, 5) is 32.6. The maximum Gasteiger partial charge on any atom is 0.490 e. The van der Waals surface area contributed by atoms with Gasteiger partial charge in [0.1, 0.15) is 5.82 Å². The van der Waals surface area contributed by atoms with Gasteiger partial charge >= 0.3 is 12.1 Å². The number of benzene rings is 1. The molecule has 2 aliphatic carbocycles. The van der Waals surface area contributed by atoms with E-state index in [1.54, 1.807) is 0 Å². The number of hydrogen-bond acceptors (Lipinski definition) is 6. The van der Waals surface area contributed by atoms with E-state index in [1.807, 2.05) is 56.4 Å². The summed E-state index contributed by atoms with van der Waals surface area (Å²) in [6.07, 6.45) is 1.68. The number of halogens is 4. The van der Waals surface area contributed by atoms with Crippen LogP contribution >= 0.6 is 11.6 Å². The first-order valence-electron chi connectivity index (χ1n) is 12.0. The monoisotopic (exact) mass is 541 g/mol. The number of nitrogens with one attached hydrogen (secondary N) is 2. The van der Waals surface area contributed by atoms with Gasteiger partial charge in [0, 0.05) is 48.9 Å². The molecule has 12 heteroatoms. The maximum absolute atomic E-state index is 12.7. The maximum atomic E-state index is 12.7. The lowest BCUT2D eigenvalue weighted by Crippen LogP contribution is -2.41. The molecule has 202 valence electrons. The predicted octanol–water partition coefficient (Wildman–Crippen LogP) is 4.78. The number of aliphatic carboxylic acids is 1. The molecule has 0 saturated heterocycles. The standard InChI is InChI=1S/C23H30ClN5O.C2HF3O2/c1-14-13-25-23(28-21(14)29(2)3)27-18-10-8-17(9-11-18)26-22(30)20-12-19(20)15-4-6-16(24)7-5-15;3-2(4,5)1(6)7/h4-7,13,17-20H,8-12H2,1-3H3,(H,26,30)(H,25,27,28);(H,6,7). The molecule has 1 aromatic carbocycles. The minimum absolute atomic E-state index is 0.104. The fraction of sp³-hybridized carbons (Fsp3) is 0.520. The number of carbonyl (C=O) groups excluding carboxylic acids is 1. The van der Waals surface area contributed by atoms with Crippen LogP contribution in [0.25, 0.3) is 0 Å². The van der Waals surface area contributed by atoms with Gasteiger partial charge in [0.05, 0.1) is 0 Å². The van der Waals surface area contributed by atoms with Crippen LogP contribution in [-0.4, -0.2) is 59.3 Å². The molecule has 2 atom stereocenters. The largest absolute Gasteiger partial charge is 0.490 e. The van der Waals surface area contributed by atoms with Crippen LogP contribution in [-0.2, 0) is 9.59 Å². The molecular formula is C25H31ClF3N5O3. The zero-order chi connectivity index (χ0) is 27.3. The second kappa shape index (κ2) is 12.0. The van der Waals surface area contributed by atoms with E-state index in [9.17, 15) is 18.0 Å². The van der Waals surface area contributed by atoms with Gasteiger partial charge in [-0.05, 0) is 62.6 Å². The van der Waals surface area contributed by atoms with Gasteiger partial charge in [-0.1, -0.05) is 23.7 Å². The smallest absolute Gasteiger partial charge is 0.475 e. The number of carboxylic acid groups (broad SMARTS) is 1. The minimum atomic E-state index is -5.08. The van der Waals surface area contributed by atoms with Crippen molar-refractivity contribution < 1.29 is 27.9 Å². The van der Waals surface area contributed by atoms with Gasteiger partial charge < -0.3 is 20.6 Å². The average Bonchev–Trinajstić information content (AvgIpc) is 3.63. The average molecular weight is 542 g/mol. The lowest BCUT2D eigenvalue weighted by molar-refractivity contribution is -0.192. The van der Waals surface area contributed by atoms with Crippen molar-refractivity contribution in [1.29, 1.82) is 0 Å². The number of aromatic nitrogens is 2. The molecule has 0 radical (unpaired) electrons. The molecule has 4 rings (SSSR count). The first kappa shape index (κ1) is 28.5. The van der Waals surface area contributed by atoms with E-state index in [-0.39, 0.29) is 17.9 Å². The van der Waals surface area contributed by atoms with E-state index in [1.165, 1.54) is 5.56 Å². The van der Waals surface area contributed by atoms with Gasteiger partial charge in [0.25, 0.3) is 0 Å². The molecule has 0 aliphatic heterocycles. The highest BCUT2D eigenvalue weighted by atomic mass is 35.5. The number of rotatable bonds is 6. The Morgan fingerprint density at radius 3 is 2.19 bits per heavy atom. The van der Waals surface area contributed by atoms with Crippen LogP contribution in [0.2, 0.25) is 5.02 Å². The quantitative estimate of drug-likeness (QED) is 0.483. The van der Waals surface area contributed by atoms with E-state index in [0.717, 1.165) is 48.5 Å². The van der Waals surface area contributed by atoms with Gasteiger partial charge in [-0.2, -0.15) is 18.2 Å². The second-order valence-electron chi connectivity index (χ2n) is 9.60. The summed E-state index contributed by atoms with van der Waals surface area (Å²) in [5, 5.41) is 14.6. The Labute approximate surface area is 218 Å². The molecule has 2 unspecified atom stereocenters. The number of carboxylic acids is 1. The number of carbonyl (C=O) groups is 2. The first-order chi connectivity index (χ1) is 17.3. The molecule has 1 amide bonds. The molecule has 2 saturated carbocycles. The minimum Gasteiger partial charge on any atom is -0.475 e. The second-order valence-corrected chi connectivity index (χ2v) is 10.0. The van der Waals surface area contributed by atoms with E-state index in [0.29, 0.717) is 17.9 Å². The Bertz CT molecular complexity index is 1090. The molecule has 0 bridgehead atoms. The molecule has 3 N–H and O–H groups in total. The van der Waals surface area contributed by atoms with Crippen LogP contribution < -0.4 is 15.5 Å². The van der Waals surface area contributed by atoms with Gasteiger partial charge in [0.15, 0.2) is 0 Å². The summed E-state index contributed by atoms with van der Waals surface area (Å²) in [6, 6.07) is 8.48. The van der Waals surface area contributed by atoms with Crippen LogP contribution in [0.5, 0.6) is 0 Å². The predicted molar refractivity (Wildman–Crippen MR) is 135 cm³/mol. The Kier molecular flexibility index (Phi) is 9.22. The van der Waals surface area contributed by atoms with Crippen molar-refractivity contribution in [2.24, 2.45) is 5.92 Å². The fourth-order valence-electron chi connectivity index (χ4n) is 4.39. The van der Waals surface area contributed by atoms with Crippen molar-refractivity contribution in [3.05, 3.63) is 46.6 Å². The summed E-state index contributed by atoms with van der Waals surface area (Å²) >= 11 is 5.96. The fourth-order valence-corrected chi connectivity index (χ4v) is 4.52. The van der Waals surface area contributed by atoms with Crippen molar-refractivity contribution in [1.82, 2.24) is 15.3 Å². The number of hydrogen-bond donors (Lipinski definition) is 3. The molecule has 1 aromatic heterocycles. The third-order valence-electron chi connectivity index (χ3n) is 6.44. The van der Waals surface area contributed by atoms with Crippen molar-refractivity contribution in [2.75, 3.05) is 24.3 Å². The third kappa shape index (κ3) is 8.21. The van der Waals surface area contributed by atoms with Gasteiger partial charge in [-0.25, -0.2) is 9.78 Å². The Balaban J connectivity index is 0.000000479. The van der Waals surface area contributed by atoms with Crippen molar-refractivity contribution >= 4 is 35.2 Å². The lowest BCUT2D eigenvalue weighted by atomic mass is 9.91. The Morgan fingerprint density at radius 1 is 1.08 bits per heavy atom. The summed E-state index contributed by atoms with van der Waals surface area (Å²) in [5.74, 6) is -0.498. The summed E-state index contributed by atoms with van der Waals surface area (Å²) < 4.78 is 31.7. The van der Waals surface area contributed by atoms with Crippen molar-refractivity contribution in [2.45, 2.75) is 63.2 Å². The van der Waals surface area contributed by atoms with E-state index in [2.05, 4.69) is 20.6 Å². The van der Waals surface area contributed by atoms with Crippen LogP contribution in [0.1, 0.15) is 49.1 Å². The van der Waals surface area contributed by atoms with Crippen LogP contribution in [0.4, 0.5) is 24.9 Å². The van der Waals surface area contributed by atoms with Crippen molar-refractivity contribution in [3.8, 4) is 0 Å². The summed E-state index contributed by atoms with van der Waals surface area (Å²) in [6.45, 7) is 2.02. The highest BCUT2D eigenvalue weighted by Gasteiger charge is 2.44. The van der Waals surface area contributed by atoms with Crippen molar-refractivity contribution in [3.63, 3.8) is 0 Å². The van der Waals surface area contributed by atoms with Gasteiger partial charge in [-0.3, -0.25) is 4.79 Å². The van der Waals surface area contributed by atoms with E-state index >= 15 is 0 Å². The zero-order valence-corrected chi connectivity index (χ0v) is 21.6. The third-order valence-corrected chi connectivity index (χ3v) is 6.70. The lowest BCUT2D eigenvalue weighted by Gasteiger charge is -2.30. The molecule has 8 nitrogen and oxygen atoms in total. The van der Waals surface area contributed by atoms with Gasteiger partial charge in [0.2, 0.25) is 11.9 Å². The highest BCUT2D eigenvalue weighted by molar-refractivity contribution is 6.30. The molecule has 37 heavy (non-hydrogen) atoms. The van der Waals surface area contributed by atoms with Gasteiger partial charge in [-0.15, -0.1) is 0 Å². The van der Waals surface area contributed by atoms with E-state index < -0.39 is 12.1 Å². The number of anilines is 2. The Hall–Kier alpha value is -3.08. The molecule has 0 spiro atoms. The SMILES string of the molecule is Cc1cnc(NC2CCC(NC(=O)C3CC3c3ccc(Cl)cc3)CC2)nc1N(C)C.O=C(O)C(F)(F)F. The zero-order valence-electron chi connectivity index (χ0n) is 20.8. The molecule has 1 heterocycles. The number of nitrogens with zero attached hydrogens (tertiary/aromatic N) is 3. The number of aryl methyl sites for hydroxylation is 1. The highest BCUT2D eigenvalue weighted by Crippen LogP contribution is 2.47. The van der Waals surface area contributed by atoms with Crippen LogP contribution in [0.3, 0.4) is 0 Å². The van der Waals surface area contributed by atoms with Crippen LogP contribution in [0, 0.1) is 12.8 Å². The van der Waals surface area contributed by atoms with E-state index in [4.69, 9.17) is 21.5 Å². The molecule has 2 fully saturated rings. The Morgan fingerprint density at radius 2 is 1.65 bits per heavy atom. The molecular weight excluding hydrogens is 511 g/mol.